The van der Waals surface area contributed by atoms with Gasteiger partial charge in [0, 0.05) is 29.6 Å². The molecule has 0 spiro atoms. The van der Waals surface area contributed by atoms with Gasteiger partial charge in [0.2, 0.25) is 0 Å². The Balaban J connectivity index is 1.28. The average Bonchev–Trinajstić information content (AvgIpc) is 3.53. The Morgan fingerprint density at radius 1 is 0.953 bits per heavy atom. The van der Waals surface area contributed by atoms with Crippen molar-refractivity contribution in [3.8, 4) is 5.75 Å². The number of aryl methyl sites for hydroxylation is 1. The molecule has 8 nitrogen and oxygen atoms in total. The third-order valence-corrected chi connectivity index (χ3v) is 8.42. The zero-order valence-corrected chi connectivity index (χ0v) is 23.8. The van der Waals surface area contributed by atoms with Gasteiger partial charge >= 0.3 is 6.03 Å². The smallest absolute Gasteiger partial charge is 0.332 e. The van der Waals surface area contributed by atoms with Gasteiger partial charge in [-0.1, -0.05) is 72.3 Å². The van der Waals surface area contributed by atoms with Crippen LogP contribution in [0.15, 0.2) is 97.1 Å². The lowest BCUT2D eigenvalue weighted by Gasteiger charge is -2.36. The van der Waals surface area contributed by atoms with Crippen molar-refractivity contribution in [2.75, 3.05) is 12.0 Å². The SMILES string of the molecule is COc1cccc(C2c3[nH]c4ccccc4c3C[C@H]3C(=O)N(c4ccccc4C(=O)NCc4ccc(C)cc4)C(=O)N23)c1. The maximum Gasteiger partial charge on any atom is 0.332 e. The zero-order valence-electron chi connectivity index (χ0n) is 23.8. The van der Waals surface area contributed by atoms with Crippen molar-refractivity contribution in [2.45, 2.75) is 32.0 Å². The number of fused-ring (bicyclic) bond motifs is 4. The number of carbonyl (C=O) groups is 3. The fourth-order valence-electron chi connectivity index (χ4n) is 6.30. The van der Waals surface area contributed by atoms with Gasteiger partial charge in [0.1, 0.15) is 17.8 Å². The van der Waals surface area contributed by atoms with Crippen LogP contribution >= 0.6 is 0 Å². The zero-order chi connectivity index (χ0) is 29.7. The minimum atomic E-state index is -0.737. The van der Waals surface area contributed by atoms with Crippen molar-refractivity contribution in [1.82, 2.24) is 15.2 Å². The van der Waals surface area contributed by atoms with Crippen molar-refractivity contribution in [2.24, 2.45) is 0 Å². The van der Waals surface area contributed by atoms with Crippen molar-refractivity contribution >= 4 is 34.4 Å². The average molecular weight is 571 g/mol. The molecule has 2 N–H and O–H groups in total. The number of nitrogens with zero attached hydrogens (tertiary/aromatic N) is 2. The summed E-state index contributed by atoms with van der Waals surface area (Å²) < 4.78 is 5.51. The normalized spacial score (nSPS) is 17.6. The second-order valence-corrected chi connectivity index (χ2v) is 11.0. The Morgan fingerprint density at radius 3 is 2.53 bits per heavy atom. The fraction of sp³-hybridized carbons (Fsp3) is 0.171. The maximum atomic E-state index is 14.4. The molecule has 1 aromatic heterocycles. The van der Waals surface area contributed by atoms with Gasteiger partial charge < -0.3 is 15.0 Å². The Kier molecular flexibility index (Phi) is 6.46. The van der Waals surface area contributed by atoms with Crippen LogP contribution < -0.4 is 15.0 Å². The molecule has 214 valence electrons. The van der Waals surface area contributed by atoms with E-state index in [1.807, 2.05) is 79.7 Å². The number of aromatic amines is 1. The molecule has 4 aromatic carbocycles. The van der Waals surface area contributed by atoms with E-state index >= 15 is 0 Å². The number of imide groups is 1. The van der Waals surface area contributed by atoms with Crippen LogP contribution in [0.2, 0.25) is 0 Å². The number of ether oxygens (including phenoxy) is 1. The Bertz CT molecular complexity index is 1890. The van der Waals surface area contributed by atoms with Gasteiger partial charge in [0.25, 0.3) is 11.8 Å². The van der Waals surface area contributed by atoms with E-state index in [1.165, 1.54) is 4.90 Å². The molecule has 1 fully saturated rings. The Hall–Kier alpha value is -5.37. The van der Waals surface area contributed by atoms with Crippen molar-refractivity contribution in [1.29, 1.82) is 0 Å². The molecule has 7 rings (SSSR count). The van der Waals surface area contributed by atoms with E-state index in [0.29, 0.717) is 18.7 Å². The molecule has 2 atom stereocenters. The number of para-hydroxylation sites is 2. The van der Waals surface area contributed by atoms with Gasteiger partial charge in [-0.15, -0.1) is 0 Å². The monoisotopic (exact) mass is 570 g/mol. The number of H-pyrrole nitrogens is 1. The van der Waals surface area contributed by atoms with E-state index in [1.54, 1.807) is 36.3 Å². The standard InChI is InChI=1S/C35H30N4O4/c1-21-14-16-22(17-15-21)20-36-33(40)26-11-4-6-13-29(26)39-34(41)30-19-27-25-10-3-5-12-28(25)37-31(27)32(38(30)35(39)42)23-8-7-9-24(18-23)43-2/h3-18,30,32,37H,19-20H2,1-2H3,(H,36,40)/t30-,32?/m0/s1. The van der Waals surface area contributed by atoms with Crippen LogP contribution in [0.25, 0.3) is 10.9 Å². The quantitative estimate of drug-likeness (QED) is 0.249. The molecule has 5 aromatic rings. The van der Waals surface area contributed by atoms with Crippen LogP contribution in [0.5, 0.6) is 5.75 Å². The molecule has 8 heteroatoms. The largest absolute Gasteiger partial charge is 0.497 e. The summed E-state index contributed by atoms with van der Waals surface area (Å²) in [6, 6.07) is 28.5. The molecule has 4 amide bonds. The number of hydrogen-bond donors (Lipinski definition) is 2. The van der Waals surface area contributed by atoms with Crippen LogP contribution in [-0.4, -0.2) is 40.9 Å². The van der Waals surface area contributed by atoms with Crippen LogP contribution in [0, 0.1) is 6.92 Å². The van der Waals surface area contributed by atoms with E-state index in [0.717, 1.165) is 38.9 Å². The highest BCUT2D eigenvalue weighted by Crippen LogP contribution is 2.45. The van der Waals surface area contributed by atoms with Gasteiger partial charge in [-0.25, -0.2) is 9.69 Å². The molecule has 0 saturated carbocycles. The lowest BCUT2D eigenvalue weighted by atomic mass is 9.89. The van der Waals surface area contributed by atoms with Crippen molar-refractivity contribution in [3.63, 3.8) is 0 Å². The first-order chi connectivity index (χ1) is 20.9. The highest BCUT2D eigenvalue weighted by Gasteiger charge is 2.53. The molecule has 3 heterocycles. The lowest BCUT2D eigenvalue weighted by molar-refractivity contribution is -0.120. The van der Waals surface area contributed by atoms with E-state index < -0.39 is 18.1 Å². The first-order valence-electron chi connectivity index (χ1n) is 14.3. The highest BCUT2D eigenvalue weighted by molar-refractivity contribution is 6.24. The summed E-state index contributed by atoms with van der Waals surface area (Å²) in [4.78, 5) is 48.4. The summed E-state index contributed by atoms with van der Waals surface area (Å²) in [6.45, 7) is 2.33. The molecular formula is C35H30N4O4. The predicted molar refractivity (Wildman–Crippen MR) is 164 cm³/mol. The van der Waals surface area contributed by atoms with Crippen LogP contribution in [-0.2, 0) is 17.8 Å². The number of carbonyl (C=O) groups excluding carboxylic acids is 3. The Labute approximate surface area is 248 Å². The minimum absolute atomic E-state index is 0.262. The van der Waals surface area contributed by atoms with Crippen LogP contribution in [0.1, 0.15) is 44.3 Å². The number of rotatable bonds is 6. The number of urea groups is 1. The summed E-state index contributed by atoms with van der Waals surface area (Å²) in [6.07, 6.45) is 0.364. The second kappa shape index (κ2) is 10.5. The first kappa shape index (κ1) is 26.5. The molecule has 1 unspecified atom stereocenters. The van der Waals surface area contributed by atoms with E-state index in [4.69, 9.17) is 4.74 Å². The molecule has 43 heavy (non-hydrogen) atoms. The molecular weight excluding hydrogens is 540 g/mol. The second-order valence-electron chi connectivity index (χ2n) is 11.0. The number of nitrogens with one attached hydrogen (secondary N) is 2. The van der Waals surface area contributed by atoms with Crippen LogP contribution in [0.4, 0.5) is 10.5 Å². The van der Waals surface area contributed by atoms with Crippen molar-refractivity contribution < 1.29 is 19.1 Å². The van der Waals surface area contributed by atoms with E-state index in [2.05, 4.69) is 10.3 Å². The van der Waals surface area contributed by atoms with E-state index in [9.17, 15) is 14.4 Å². The third kappa shape index (κ3) is 4.43. The molecule has 0 radical (unpaired) electrons. The minimum Gasteiger partial charge on any atom is -0.497 e. The molecule has 0 aliphatic carbocycles. The third-order valence-electron chi connectivity index (χ3n) is 8.42. The van der Waals surface area contributed by atoms with Gasteiger partial charge in [-0.2, -0.15) is 0 Å². The summed E-state index contributed by atoms with van der Waals surface area (Å²) in [7, 11) is 1.60. The summed E-state index contributed by atoms with van der Waals surface area (Å²) in [5.74, 6) is -0.0578. The van der Waals surface area contributed by atoms with Gasteiger partial charge in [-0.3, -0.25) is 14.5 Å². The summed E-state index contributed by atoms with van der Waals surface area (Å²) in [5.41, 5.74) is 6.28. The maximum absolute atomic E-state index is 14.4. The fourth-order valence-corrected chi connectivity index (χ4v) is 6.30. The molecule has 0 bridgehead atoms. The van der Waals surface area contributed by atoms with Crippen LogP contribution in [0.3, 0.4) is 0 Å². The summed E-state index contributed by atoms with van der Waals surface area (Å²) >= 11 is 0. The number of aromatic nitrogens is 1. The number of amides is 4. The van der Waals surface area contributed by atoms with E-state index in [-0.39, 0.29) is 23.1 Å². The number of anilines is 1. The molecule has 2 aliphatic heterocycles. The number of benzene rings is 4. The predicted octanol–water partition coefficient (Wildman–Crippen LogP) is 5.90. The topological polar surface area (TPSA) is 94.7 Å². The highest BCUT2D eigenvalue weighted by atomic mass is 16.5. The van der Waals surface area contributed by atoms with Gasteiger partial charge in [0.15, 0.2) is 0 Å². The Morgan fingerprint density at radius 2 is 1.72 bits per heavy atom. The molecule has 1 saturated heterocycles. The van der Waals surface area contributed by atoms with Gasteiger partial charge in [-0.05, 0) is 53.9 Å². The summed E-state index contributed by atoms with van der Waals surface area (Å²) in [5, 5.41) is 3.98. The van der Waals surface area contributed by atoms with Crippen molar-refractivity contribution in [3.05, 3.63) is 131 Å². The number of hydrogen-bond acceptors (Lipinski definition) is 4. The lowest BCUT2D eigenvalue weighted by Crippen LogP contribution is -2.44. The first-order valence-corrected chi connectivity index (χ1v) is 14.3. The number of methoxy groups -OCH3 is 1. The van der Waals surface area contributed by atoms with Gasteiger partial charge in [0.05, 0.1) is 18.4 Å². The molecule has 2 aliphatic rings.